The summed E-state index contributed by atoms with van der Waals surface area (Å²) in [5.41, 5.74) is 28.1. The lowest BCUT2D eigenvalue weighted by Gasteiger charge is -2.46. The van der Waals surface area contributed by atoms with Gasteiger partial charge in [-0.1, -0.05) is 158 Å². The first-order valence-electron chi connectivity index (χ1n) is 25.1. The minimum absolute atomic E-state index is 0.0413. The van der Waals surface area contributed by atoms with E-state index in [0.29, 0.717) is 0 Å². The summed E-state index contributed by atoms with van der Waals surface area (Å²) in [7, 11) is 0. The molecule has 6 aromatic rings. The van der Waals surface area contributed by atoms with Gasteiger partial charge < -0.3 is 9.80 Å². The lowest BCUT2D eigenvalue weighted by atomic mass is 9.33. The second kappa shape index (κ2) is 13.4. The summed E-state index contributed by atoms with van der Waals surface area (Å²) in [6.07, 6.45) is 3.42. The fourth-order valence-corrected chi connectivity index (χ4v) is 15.2. The van der Waals surface area contributed by atoms with E-state index in [1.165, 1.54) is 112 Å². The predicted molar refractivity (Wildman–Crippen MR) is 285 cm³/mol. The Balaban J connectivity index is 1.26. The summed E-state index contributed by atoms with van der Waals surface area (Å²) in [5, 5.41) is 0. The maximum absolute atomic E-state index is 2.73. The van der Waals surface area contributed by atoms with Crippen molar-refractivity contribution >= 4 is 57.2 Å². The normalized spacial score (nSPS) is 20.3. The van der Waals surface area contributed by atoms with Gasteiger partial charge in [0.2, 0.25) is 0 Å². The van der Waals surface area contributed by atoms with E-state index in [2.05, 4.69) is 225 Å². The van der Waals surface area contributed by atoms with Crippen molar-refractivity contribution in [2.75, 3.05) is 9.80 Å². The summed E-state index contributed by atoms with van der Waals surface area (Å²) in [4.78, 5) is 5.43. The zero-order valence-electron chi connectivity index (χ0n) is 43.3. The van der Waals surface area contributed by atoms with Crippen LogP contribution in [0.5, 0.6) is 0 Å². The van der Waals surface area contributed by atoms with Gasteiger partial charge in [0, 0.05) is 39.5 Å². The first-order valence-corrected chi connectivity index (χ1v) is 25.1. The van der Waals surface area contributed by atoms with Crippen LogP contribution < -0.4 is 26.2 Å². The molecule has 0 saturated carbocycles. The maximum atomic E-state index is 2.73. The molecule has 0 atom stereocenters. The lowest BCUT2D eigenvalue weighted by Crippen LogP contribution is -2.62. The molecule has 0 radical (unpaired) electrons. The Bertz CT molecular complexity index is 3080. The van der Waals surface area contributed by atoms with E-state index in [1.54, 1.807) is 0 Å². The third kappa shape index (κ3) is 5.99. The first-order chi connectivity index (χ1) is 30.6. The van der Waals surface area contributed by atoms with Crippen molar-refractivity contribution in [3.63, 3.8) is 0 Å². The maximum Gasteiger partial charge on any atom is 0.252 e. The van der Waals surface area contributed by atoms with E-state index in [4.69, 9.17) is 0 Å². The molecule has 0 aromatic heterocycles. The molecular formula is C63H73BN2. The van der Waals surface area contributed by atoms with Crippen LogP contribution in [0.25, 0.3) is 0 Å². The van der Waals surface area contributed by atoms with Gasteiger partial charge in [-0.2, -0.15) is 0 Å². The zero-order chi connectivity index (χ0) is 47.2. The standard InChI is InChI=1S/C63H73BN2/c1-37-25-54-56-55(26-37)66(52-32-46-43(28-39(52)3)58(6,7)35-61(46,12)13)53-33-47-44(59(8,9)36-62(47,14)15)30-49(53)64(56)48-29-41(63(16,17)40-21-19-18-20-22-40)23-24-50(48)65(54)51-31-45-42(27-38(51)2)57(4,5)34-60(45,10)11/h18-33H,34-36H2,1-17H3. The molecule has 66 heavy (non-hydrogen) atoms. The van der Waals surface area contributed by atoms with Gasteiger partial charge in [-0.3, -0.25) is 0 Å². The van der Waals surface area contributed by atoms with Crippen LogP contribution in [0.15, 0.2) is 97.1 Å². The molecule has 0 bridgehead atoms. The van der Waals surface area contributed by atoms with Gasteiger partial charge in [0.1, 0.15) is 0 Å². The van der Waals surface area contributed by atoms with Crippen LogP contribution in [0, 0.1) is 20.8 Å². The van der Waals surface area contributed by atoms with Crippen molar-refractivity contribution in [2.24, 2.45) is 0 Å². The van der Waals surface area contributed by atoms with Crippen LogP contribution in [0.4, 0.5) is 34.1 Å². The third-order valence-corrected chi connectivity index (χ3v) is 17.7. The molecule has 338 valence electrons. The number of fused-ring (bicyclic) bond motifs is 7. The highest BCUT2D eigenvalue weighted by Crippen LogP contribution is 2.57. The Morgan fingerprint density at radius 3 is 1.26 bits per heavy atom. The van der Waals surface area contributed by atoms with Gasteiger partial charge in [0.15, 0.2) is 0 Å². The van der Waals surface area contributed by atoms with Crippen molar-refractivity contribution in [2.45, 2.75) is 175 Å². The van der Waals surface area contributed by atoms with Crippen LogP contribution in [0.3, 0.4) is 0 Å². The summed E-state index contributed by atoms with van der Waals surface area (Å²) in [6, 6.07) is 39.4. The number of nitrogens with zero attached hydrogens (tertiary/aromatic N) is 2. The van der Waals surface area contributed by atoms with Crippen LogP contribution in [0.2, 0.25) is 0 Å². The van der Waals surface area contributed by atoms with Crippen molar-refractivity contribution < 1.29 is 0 Å². The van der Waals surface area contributed by atoms with Crippen molar-refractivity contribution in [1.82, 2.24) is 0 Å². The molecule has 2 heterocycles. The number of aryl methyl sites for hydroxylation is 3. The number of benzene rings is 6. The van der Waals surface area contributed by atoms with E-state index in [1.807, 2.05) is 0 Å². The third-order valence-electron chi connectivity index (χ3n) is 17.7. The molecule has 5 aliphatic rings. The number of hydrogen-bond donors (Lipinski definition) is 0. The molecule has 0 fully saturated rings. The predicted octanol–water partition coefficient (Wildman–Crippen LogP) is 14.9. The second-order valence-corrected chi connectivity index (χ2v) is 26.2. The second-order valence-electron chi connectivity index (χ2n) is 26.2. The Morgan fingerprint density at radius 1 is 0.394 bits per heavy atom. The molecule has 0 spiro atoms. The largest absolute Gasteiger partial charge is 0.311 e. The number of hydrogen-bond acceptors (Lipinski definition) is 2. The molecule has 3 heteroatoms. The lowest BCUT2D eigenvalue weighted by molar-refractivity contribution is 0.402. The van der Waals surface area contributed by atoms with Gasteiger partial charge in [-0.25, -0.2) is 0 Å². The van der Waals surface area contributed by atoms with Crippen LogP contribution in [-0.2, 0) is 37.9 Å². The van der Waals surface area contributed by atoms with Crippen LogP contribution >= 0.6 is 0 Å². The highest BCUT2D eigenvalue weighted by atomic mass is 15.2. The molecule has 0 saturated heterocycles. The molecule has 0 unspecified atom stereocenters. The molecule has 0 amide bonds. The van der Waals surface area contributed by atoms with Gasteiger partial charge in [0.05, 0.1) is 0 Å². The molecule has 0 N–H and O–H groups in total. The summed E-state index contributed by atoms with van der Waals surface area (Å²) >= 11 is 0. The first kappa shape index (κ1) is 43.5. The Morgan fingerprint density at radius 2 is 0.788 bits per heavy atom. The average Bonchev–Trinajstić information content (AvgIpc) is 3.61. The summed E-state index contributed by atoms with van der Waals surface area (Å²) in [5.74, 6) is 0. The molecule has 6 aromatic carbocycles. The topological polar surface area (TPSA) is 6.48 Å². The average molecular weight is 869 g/mol. The van der Waals surface area contributed by atoms with E-state index < -0.39 is 0 Å². The Labute approximate surface area is 398 Å². The van der Waals surface area contributed by atoms with E-state index in [-0.39, 0.29) is 44.6 Å². The fourth-order valence-electron chi connectivity index (χ4n) is 15.2. The summed E-state index contributed by atoms with van der Waals surface area (Å²) < 4.78 is 0. The van der Waals surface area contributed by atoms with Gasteiger partial charge in [-0.05, 0) is 187 Å². The van der Waals surface area contributed by atoms with E-state index in [0.717, 1.165) is 19.3 Å². The van der Waals surface area contributed by atoms with Crippen molar-refractivity contribution in [3.05, 3.63) is 158 Å². The molecular weight excluding hydrogens is 796 g/mol. The van der Waals surface area contributed by atoms with Crippen molar-refractivity contribution in [3.8, 4) is 0 Å². The van der Waals surface area contributed by atoms with Crippen LogP contribution in [-0.4, -0.2) is 6.71 Å². The molecule has 11 rings (SSSR count). The van der Waals surface area contributed by atoms with Gasteiger partial charge in [0.25, 0.3) is 6.71 Å². The number of rotatable bonds is 4. The Kier molecular flexibility index (Phi) is 8.82. The molecule has 3 aliphatic carbocycles. The Hall–Kier alpha value is -5.02. The van der Waals surface area contributed by atoms with E-state index in [9.17, 15) is 0 Å². The summed E-state index contributed by atoms with van der Waals surface area (Å²) in [6.45, 7) is 41.5. The van der Waals surface area contributed by atoms with Crippen LogP contribution in [0.1, 0.15) is 177 Å². The molecule has 2 aliphatic heterocycles. The SMILES string of the molecule is Cc1cc2c3c(c1)N(c1cc4c(cc1C)C(C)(C)CC4(C)C)c1cc4c(cc1B3c1cc(C(C)(C)c3ccccc3)ccc1N2c1cc2c(cc1C)C(C)(C)CC2(C)C)C(C)(C)CC4(C)C. The highest BCUT2D eigenvalue weighted by Gasteiger charge is 2.50. The number of anilines is 6. The smallest absolute Gasteiger partial charge is 0.252 e. The minimum Gasteiger partial charge on any atom is -0.311 e. The highest BCUT2D eigenvalue weighted by molar-refractivity contribution is 7.00. The van der Waals surface area contributed by atoms with Gasteiger partial charge >= 0.3 is 0 Å². The van der Waals surface area contributed by atoms with Crippen molar-refractivity contribution in [1.29, 1.82) is 0 Å². The van der Waals surface area contributed by atoms with E-state index >= 15 is 0 Å². The molecule has 2 nitrogen and oxygen atoms in total. The van der Waals surface area contributed by atoms with Gasteiger partial charge in [-0.15, -0.1) is 0 Å². The fraction of sp³-hybridized carbons (Fsp3) is 0.429. The minimum atomic E-state index is -0.202. The zero-order valence-corrected chi connectivity index (χ0v) is 43.3. The monoisotopic (exact) mass is 869 g/mol. The quantitative estimate of drug-likeness (QED) is 0.163.